The van der Waals surface area contributed by atoms with Crippen molar-refractivity contribution in [2.75, 3.05) is 6.54 Å². The molecule has 0 spiro atoms. The van der Waals surface area contributed by atoms with Crippen LogP contribution in [-0.2, 0) is 0 Å². The minimum atomic E-state index is 0.501. The highest BCUT2D eigenvalue weighted by Crippen LogP contribution is 2.35. The summed E-state index contributed by atoms with van der Waals surface area (Å²) in [5, 5.41) is 4.99. The van der Waals surface area contributed by atoms with Crippen molar-refractivity contribution in [2.45, 2.75) is 52.0 Å². The largest absolute Gasteiger partial charge is 0.310 e. The van der Waals surface area contributed by atoms with E-state index in [1.165, 1.54) is 43.1 Å². The Labute approximate surface area is 128 Å². The maximum atomic E-state index is 4.61. The predicted octanol–water partition coefficient (Wildman–Crippen LogP) is 4.77. The van der Waals surface area contributed by atoms with Gasteiger partial charge in [0, 0.05) is 17.1 Å². The van der Waals surface area contributed by atoms with E-state index in [9.17, 15) is 0 Å². The summed E-state index contributed by atoms with van der Waals surface area (Å²) in [6.45, 7) is 5.30. The van der Waals surface area contributed by atoms with Crippen molar-refractivity contribution in [2.24, 2.45) is 5.92 Å². The number of hydrogen-bond donors (Lipinski definition) is 1. The monoisotopic (exact) mass is 282 g/mol. The van der Waals surface area contributed by atoms with E-state index in [1.54, 1.807) is 0 Å². The van der Waals surface area contributed by atoms with Crippen molar-refractivity contribution in [3.63, 3.8) is 0 Å². The van der Waals surface area contributed by atoms with Crippen molar-refractivity contribution in [1.82, 2.24) is 10.3 Å². The Morgan fingerprint density at radius 3 is 2.71 bits per heavy atom. The van der Waals surface area contributed by atoms with Crippen molar-refractivity contribution in [3.05, 3.63) is 41.6 Å². The summed E-state index contributed by atoms with van der Waals surface area (Å²) in [7, 11) is 0. The van der Waals surface area contributed by atoms with Crippen molar-refractivity contribution < 1.29 is 0 Å². The van der Waals surface area contributed by atoms with Crippen LogP contribution in [0.15, 0.2) is 30.3 Å². The third-order valence-electron chi connectivity index (χ3n) is 4.76. The summed E-state index contributed by atoms with van der Waals surface area (Å²) in [6, 6.07) is 11.6. The Bertz CT molecular complexity index is 600. The summed E-state index contributed by atoms with van der Waals surface area (Å²) >= 11 is 0. The molecular formula is C19H26N2. The molecule has 0 aliphatic heterocycles. The summed E-state index contributed by atoms with van der Waals surface area (Å²) in [6.07, 6.45) is 6.92. The molecule has 0 saturated heterocycles. The quantitative estimate of drug-likeness (QED) is 0.873. The third kappa shape index (κ3) is 3.26. The first kappa shape index (κ1) is 14.5. The molecule has 3 rings (SSSR count). The average molecular weight is 282 g/mol. The molecule has 112 valence electrons. The van der Waals surface area contributed by atoms with Gasteiger partial charge in [0.15, 0.2) is 0 Å². The van der Waals surface area contributed by atoms with Crippen LogP contribution in [0.1, 0.15) is 56.3 Å². The molecule has 21 heavy (non-hydrogen) atoms. The number of aryl methyl sites for hydroxylation is 1. The van der Waals surface area contributed by atoms with Gasteiger partial charge in [-0.15, -0.1) is 0 Å². The zero-order chi connectivity index (χ0) is 14.7. The highest BCUT2D eigenvalue weighted by Gasteiger charge is 2.24. The molecule has 1 atom stereocenters. The normalized spacial score (nSPS) is 18.0. The zero-order valence-electron chi connectivity index (χ0n) is 13.2. The molecule has 0 radical (unpaired) electrons. The topological polar surface area (TPSA) is 24.9 Å². The Balaban J connectivity index is 1.92. The molecule has 1 aromatic heterocycles. The van der Waals surface area contributed by atoms with Gasteiger partial charge in [0.2, 0.25) is 0 Å². The second-order valence-corrected chi connectivity index (χ2v) is 6.34. The molecule has 1 aliphatic rings. The maximum absolute atomic E-state index is 4.61. The zero-order valence-corrected chi connectivity index (χ0v) is 13.2. The molecule has 2 heteroatoms. The van der Waals surface area contributed by atoms with Gasteiger partial charge in [-0.25, -0.2) is 0 Å². The van der Waals surface area contributed by atoms with Crippen LogP contribution in [0.4, 0.5) is 0 Å². The molecule has 1 N–H and O–H groups in total. The Morgan fingerprint density at radius 2 is 1.95 bits per heavy atom. The van der Waals surface area contributed by atoms with Crippen molar-refractivity contribution in [1.29, 1.82) is 0 Å². The lowest BCUT2D eigenvalue weighted by Crippen LogP contribution is -2.29. The van der Waals surface area contributed by atoms with E-state index in [0.29, 0.717) is 6.04 Å². The summed E-state index contributed by atoms with van der Waals surface area (Å²) in [5.74, 6) is 0.787. The Kier molecular flexibility index (Phi) is 4.54. The van der Waals surface area contributed by atoms with Crippen LogP contribution < -0.4 is 5.32 Å². The molecule has 0 bridgehead atoms. The fourth-order valence-electron chi connectivity index (χ4n) is 3.68. The number of benzene rings is 1. The molecule has 1 aliphatic carbocycles. The lowest BCUT2D eigenvalue weighted by molar-refractivity contribution is 0.274. The summed E-state index contributed by atoms with van der Waals surface area (Å²) in [5.41, 5.74) is 3.63. The standard InChI is InChI=1S/C19H26N2/c1-3-20-19(15-7-5-4-6-8-15)17-11-12-18-16(13-17)10-9-14(2)21-18/h9-13,15,19-20H,3-8H2,1-2H3. The molecule has 2 nitrogen and oxygen atoms in total. The van der Waals surface area contributed by atoms with Gasteiger partial charge in [0.25, 0.3) is 0 Å². The molecule has 0 amide bonds. The number of aromatic nitrogens is 1. The lowest BCUT2D eigenvalue weighted by Gasteiger charge is -2.31. The average Bonchev–Trinajstić information content (AvgIpc) is 2.53. The molecule has 1 saturated carbocycles. The van der Waals surface area contributed by atoms with E-state index in [1.807, 2.05) is 0 Å². The van der Waals surface area contributed by atoms with E-state index in [2.05, 4.69) is 54.5 Å². The smallest absolute Gasteiger partial charge is 0.0705 e. The second kappa shape index (κ2) is 6.57. The third-order valence-corrected chi connectivity index (χ3v) is 4.76. The molecular weight excluding hydrogens is 256 g/mol. The van der Waals surface area contributed by atoms with Gasteiger partial charge in [-0.1, -0.05) is 38.3 Å². The first-order valence-corrected chi connectivity index (χ1v) is 8.38. The Morgan fingerprint density at radius 1 is 1.14 bits per heavy atom. The second-order valence-electron chi connectivity index (χ2n) is 6.34. The molecule has 2 aromatic rings. The lowest BCUT2D eigenvalue weighted by atomic mass is 9.81. The van der Waals surface area contributed by atoms with Crippen LogP contribution in [0.5, 0.6) is 0 Å². The fourth-order valence-corrected chi connectivity index (χ4v) is 3.68. The summed E-state index contributed by atoms with van der Waals surface area (Å²) < 4.78 is 0. The maximum Gasteiger partial charge on any atom is 0.0705 e. The highest BCUT2D eigenvalue weighted by molar-refractivity contribution is 5.79. The number of pyridine rings is 1. The van der Waals surface area contributed by atoms with Crippen LogP contribution in [0.25, 0.3) is 10.9 Å². The van der Waals surface area contributed by atoms with Crippen molar-refractivity contribution in [3.8, 4) is 0 Å². The van der Waals surface area contributed by atoms with Gasteiger partial charge in [-0.3, -0.25) is 4.98 Å². The number of fused-ring (bicyclic) bond motifs is 1. The predicted molar refractivity (Wildman–Crippen MR) is 89.5 cm³/mol. The van der Waals surface area contributed by atoms with E-state index >= 15 is 0 Å². The van der Waals surface area contributed by atoms with E-state index in [-0.39, 0.29) is 0 Å². The minimum absolute atomic E-state index is 0.501. The SMILES string of the molecule is CCNC(c1ccc2nc(C)ccc2c1)C1CCCCC1. The first-order chi connectivity index (χ1) is 10.3. The van der Waals surface area contributed by atoms with Crippen LogP contribution >= 0.6 is 0 Å². The van der Waals surface area contributed by atoms with Gasteiger partial charge < -0.3 is 5.32 Å². The summed E-state index contributed by atoms with van der Waals surface area (Å²) in [4.78, 5) is 4.61. The number of rotatable bonds is 4. The Hall–Kier alpha value is -1.41. The molecule has 1 fully saturated rings. The molecule has 1 aromatic carbocycles. The molecule has 1 unspecified atom stereocenters. The van der Waals surface area contributed by atoms with Crippen LogP contribution in [-0.4, -0.2) is 11.5 Å². The van der Waals surface area contributed by atoms with Crippen LogP contribution in [0, 0.1) is 12.8 Å². The molecule has 1 heterocycles. The number of nitrogens with one attached hydrogen (secondary N) is 1. The van der Waals surface area contributed by atoms with E-state index in [4.69, 9.17) is 0 Å². The van der Waals surface area contributed by atoms with E-state index in [0.717, 1.165) is 23.7 Å². The van der Waals surface area contributed by atoms with Gasteiger partial charge in [-0.2, -0.15) is 0 Å². The first-order valence-electron chi connectivity index (χ1n) is 8.38. The van der Waals surface area contributed by atoms with Gasteiger partial charge >= 0.3 is 0 Å². The van der Waals surface area contributed by atoms with Gasteiger partial charge in [-0.05, 0) is 56.0 Å². The number of hydrogen-bond acceptors (Lipinski definition) is 2. The number of nitrogens with zero attached hydrogens (tertiary/aromatic N) is 1. The van der Waals surface area contributed by atoms with Gasteiger partial charge in [0.05, 0.1) is 5.52 Å². The van der Waals surface area contributed by atoms with Crippen LogP contribution in [0.3, 0.4) is 0 Å². The highest BCUT2D eigenvalue weighted by atomic mass is 14.9. The van der Waals surface area contributed by atoms with Crippen molar-refractivity contribution >= 4 is 10.9 Å². The van der Waals surface area contributed by atoms with E-state index < -0.39 is 0 Å². The van der Waals surface area contributed by atoms with Crippen LogP contribution in [0.2, 0.25) is 0 Å². The minimum Gasteiger partial charge on any atom is -0.310 e. The fraction of sp³-hybridized carbons (Fsp3) is 0.526. The van der Waals surface area contributed by atoms with Gasteiger partial charge in [0.1, 0.15) is 0 Å².